The molecule has 1 aliphatic rings. The Hall–Kier alpha value is -3.30. The van der Waals surface area contributed by atoms with Gasteiger partial charge in [-0.05, 0) is 57.1 Å². The fourth-order valence-electron chi connectivity index (χ4n) is 3.95. The zero-order valence-electron chi connectivity index (χ0n) is 18.9. The number of hydrogen-bond acceptors (Lipinski definition) is 6. The third-order valence-electron chi connectivity index (χ3n) is 5.97. The van der Waals surface area contributed by atoms with E-state index < -0.39 is 17.5 Å². The van der Waals surface area contributed by atoms with Gasteiger partial charge in [0.15, 0.2) is 17.3 Å². The Morgan fingerprint density at radius 3 is 2.65 bits per heavy atom. The summed E-state index contributed by atoms with van der Waals surface area (Å²) < 4.78 is 19.5. The zero-order valence-corrected chi connectivity index (χ0v) is 19.7. The predicted octanol–water partition coefficient (Wildman–Crippen LogP) is 3.97. The molecule has 2 aromatic heterocycles. The van der Waals surface area contributed by atoms with E-state index in [9.17, 15) is 14.0 Å². The van der Waals surface area contributed by atoms with Crippen molar-refractivity contribution in [2.45, 2.75) is 19.3 Å². The maximum Gasteiger partial charge on any atom is 0.272 e. The Kier molecular flexibility index (Phi) is 7.23. The minimum Gasteiger partial charge on any atom is -0.494 e. The number of amides is 1. The van der Waals surface area contributed by atoms with Gasteiger partial charge in [-0.1, -0.05) is 11.6 Å². The molecular formula is C24H25ClFN5O3. The van der Waals surface area contributed by atoms with Crippen LogP contribution in [0.5, 0.6) is 5.75 Å². The van der Waals surface area contributed by atoms with Crippen molar-refractivity contribution < 1.29 is 18.7 Å². The molecule has 178 valence electrons. The van der Waals surface area contributed by atoms with Gasteiger partial charge in [0, 0.05) is 18.2 Å². The number of carbonyl (C=O) groups is 2. The smallest absolute Gasteiger partial charge is 0.272 e. The van der Waals surface area contributed by atoms with Crippen LogP contribution in [0, 0.1) is 11.7 Å². The first kappa shape index (κ1) is 23.8. The minimum atomic E-state index is -0.857. The lowest BCUT2D eigenvalue weighted by Gasteiger charge is -2.28. The van der Waals surface area contributed by atoms with E-state index in [2.05, 4.69) is 32.2 Å². The predicted molar refractivity (Wildman–Crippen MR) is 126 cm³/mol. The first-order valence-electron chi connectivity index (χ1n) is 10.9. The van der Waals surface area contributed by atoms with Crippen molar-refractivity contribution in [2.75, 3.05) is 32.6 Å². The number of aromatic amines is 1. The van der Waals surface area contributed by atoms with E-state index in [0.717, 1.165) is 38.2 Å². The van der Waals surface area contributed by atoms with Gasteiger partial charge in [0.1, 0.15) is 11.5 Å². The Labute approximate surface area is 201 Å². The lowest BCUT2D eigenvalue weighted by molar-refractivity contribution is 0.102. The van der Waals surface area contributed by atoms with E-state index in [1.165, 1.54) is 31.5 Å². The summed E-state index contributed by atoms with van der Waals surface area (Å²) in [4.78, 5) is 39.2. The van der Waals surface area contributed by atoms with Gasteiger partial charge in [0.05, 0.1) is 35.8 Å². The molecule has 34 heavy (non-hydrogen) atoms. The number of nitrogens with zero attached hydrogens (tertiary/aromatic N) is 3. The highest BCUT2D eigenvalue weighted by Crippen LogP contribution is 2.29. The first-order valence-corrected chi connectivity index (χ1v) is 11.3. The van der Waals surface area contributed by atoms with Crippen LogP contribution in [0.25, 0.3) is 0 Å². The molecule has 0 bridgehead atoms. The number of benzene rings is 1. The number of piperidine rings is 1. The van der Waals surface area contributed by atoms with E-state index in [0.29, 0.717) is 11.6 Å². The number of anilines is 1. The van der Waals surface area contributed by atoms with Gasteiger partial charge in [-0.15, -0.1) is 0 Å². The summed E-state index contributed by atoms with van der Waals surface area (Å²) in [5, 5.41) is 2.65. The number of hydrogen-bond donors (Lipinski definition) is 2. The van der Waals surface area contributed by atoms with Crippen molar-refractivity contribution >= 4 is 29.0 Å². The molecular weight excluding hydrogens is 461 g/mol. The number of ether oxygens (including phenoxy) is 1. The van der Waals surface area contributed by atoms with Crippen molar-refractivity contribution in [3.05, 3.63) is 70.3 Å². The van der Waals surface area contributed by atoms with Crippen molar-refractivity contribution in [1.29, 1.82) is 0 Å². The summed E-state index contributed by atoms with van der Waals surface area (Å²) >= 11 is 6.04. The molecule has 2 N–H and O–H groups in total. The Morgan fingerprint density at radius 2 is 1.97 bits per heavy atom. The van der Waals surface area contributed by atoms with E-state index >= 15 is 0 Å². The van der Waals surface area contributed by atoms with Crippen LogP contribution in [0.3, 0.4) is 0 Å². The summed E-state index contributed by atoms with van der Waals surface area (Å²) in [5.74, 6) is -0.793. The average molecular weight is 486 g/mol. The van der Waals surface area contributed by atoms with E-state index in [1.54, 1.807) is 12.4 Å². The van der Waals surface area contributed by atoms with Gasteiger partial charge in [0.2, 0.25) is 0 Å². The molecule has 0 saturated carbocycles. The second-order valence-corrected chi connectivity index (χ2v) is 8.77. The number of nitrogens with one attached hydrogen (secondary N) is 2. The molecule has 1 fully saturated rings. The molecule has 10 heteroatoms. The van der Waals surface area contributed by atoms with Crippen LogP contribution in [0.4, 0.5) is 10.1 Å². The van der Waals surface area contributed by atoms with Gasteiger partial charge in [0.25, 0.3) is 5.91 Å². The monoisotopic (exact) mass is 485 g/mol. The average Bonchev–Trinajstić information content (AvgIpc) is 3.33. The molecule has 1 saturated heterocycles. The summed E-state index contributed by atoms with van der Waals surface area (Å²) in [6.45, 7) is 2.16. The number of likely N-dealkylation sites (tertiary alicyclic amines) is 1. The summed E-state index contributed by atoms with van der Waals surface area (Å²) in [5.41, 5.74) is 0.323. The Morgan fingerprint density at radius 1 is 1.26 bits per heavy atom. The maximum absolute atomic E-state index is 14.6. The third-order valence-corrected chi connectivity index (χ3v) is 6.28. The number of halogens is 2. The molecule has 1 aliphatic heterocycles. The first-order chi connectivity index (χ1) is 16.4. The van der Waals surface area contributed by atoms with Gasteiger partial charge in [-0.2, -0.15) is 0 Å². The molecule has 8 nitrogen and oxygen atoms in total. The van der Waals surface area contributed by atoms with Crippen molar-refractivity contribution in [3.8, 4) is 5.75 Å². The number of H-pyrrole nitrogens is 1. The Bertz CT molecular complexity index is 1190. The normalized spacial score (nSPS) is 14.7. The van der Waals surface area contributed by atoms with Crippen LogP contribution < -0.4 is 10.1 Å². The van der Waals surface area contributed by atoms with Crippen molar-refractivity contribution in [1.82, 2.24) is 19.9 Å². The number of aromatic nitrogens is 3. The fraction of sp³-hybridized carbons (Fsp3) is 0.333. The van der Waals surface area contributed by atoms with Crippen molar-refractivity contribution in [2.24, 2.45) is 5.92 Å². The molecule has 3 aromatic rings. The highest BCUT2D eigenvalue weighted by Gasteiger charge is 2.23. The number of carbonyl (C=O) groups excluding carboxylic acids is 2. The van der Waals surface area contributed by atoms with Crippen molar-refractivity contribution in [3.63, 3.8) is 0 Å². The van der Waals surface area contributed by atoms with E-state index in [4.69, 9.17) is 16.3 Å². The summed E-state index contributed by atoms with van der Waals surface area (Å²) in [6, 6.07) is 4.06. The second-order valence-electron chi connectivity index (χ2n) is 8.36. The van der Waals surface area contributed by atoms with Crippen LogP contribution in [-0.2, 0) is 6.42 Å². The van der Waals surface area contributed by atoms with Crippen LogP contribution in [-0.4, -0.2) is 58.8 Å². The molecule has 1 amide bonds. The highest BCUT2D eigenvalue weighted by molar-refractivity contribution is 6.35. The van der Waals surface area contributed by atoms with Gasteiger partial charge >= 0.3 is 0 Å². The molecule has 0 atom stereocenters. The SMILES string of the molecule is COc1ccc(Cl)c(C(=O)c2c[nH]c(C(=O)Nc3cnc(CC4CCN(C)CC4)nc3)c2)c1F. The highest BCUT2D eigenvalue weighted by atomic mass is 35.5. The largest absolute Gasteiger partial charge is 0.494 e. The minimum absolute atomic E-state index is 0.0482. The summed E-state index contributed by atoms with van der Waals surface area (Å²) in [7, 11) is 3.42. The molecule has 4 rings (SSSR count). The van der Waals surface area contributed by atoms with Gasteiger partial charge in [-0.3, -0.25) is 9.59 Å². The molecule has 3 heterocycles. The maximum atomic E-state index is 14.6. The number of methoxy groups -OCH3 is 1. The van der Waals surface area contributed by atoms with Gasteiger partial charge < -0.3 is 19.9 Å². The van der Waals surface area contributed by atoms with Crippen LogP contribution >= 0.6 is 11.6 Å². The van der Waals surface area contributed by atoms with E-state index in [1.807, 2.05) is 0 Å². The summed E-state index contributed by atoms with van der Waals surface area (Å²) in [6.07, 6.45) is 7.51. The fourth-order valence-corrected chi connectivity index (χ4v) is 4.18. The molecule has 0 aliphatic carbocycles. The molecule has 1 aromatic carbocycles. The van der Waals surface area contributed by atoms with Gasteiger partial charge in [-0.25, -0.2) is 14.4 Å². The number of rotatable bonds is 7. The Balaban J connectivity index is 1.40. The van der Waals surface area contributed by atoms with E-state index in [-0.39, 0.29) is 27.6 Å². The number of ketones is 1. The standard InChI is InChI=1S/C24H25ClFN5O3/c1-31-7-5-14(6-8-31)9-20-28-12-16(13-29-20)30-24(33)18-10-15(11-27-18)23(32)21-17(25)3-4-19(34-2)22(21)26/h3-4,10-14,27H,5-9H2,1-2H3,(H,30,33). The lowest BCUT2D eigenvalue weighted by atomic mass is 9.93. The quantitative estimate of drug-likeness (QED) is 0.491. The molecule has 0 spiro atoms. The third kappa shape index (κ3) is 5.26. The second kappa shape index (κ2) is 10.3. The van der Waals surface area contributed by atoms with Crippen LogP contribution in [0.2, 0.25) is 5.02 Å². The zero-order chi connectivity index (χ0) is 24.2. The van der Waals surface area contributed by atoms with Crippen LogP contribution in [0.15, 0.2) is 36.8 Å². The van der Waals surface area contributed by atoms with Crippen LogP contribution in [0.1, 0.15) is 45.1 Å². The molecule has 0 radical (unpaired) electrons. The molecule has 0 unspecified atom stereocenters. The lowest BCUT2D eigenvalue weighted by Crippen LogP contribution is -2.31. The topological polar surface area (TPSA) is 100 Å².